The number of hydrogen-bond acceptors (Lipinski definition) is 6. The van der Waals surface area contributed by atoms with Crippen LogP contribution in [0, 0.1) is 0 Å². The maximum atomic E-state index is 13.6. The molecule has 3 aromatic heterocycles. The Balaban J connectivity index is 1.61. The van der Waals surface area contributed by atoms with Gasteiger partial charge in [0.1, 0.15) is 4.83 Å². The number of carbonyl (C=O) groups excluding carboxylic acids is 1. The molecule has 1 N–H and O–H groups in total. The fraction of sp³-hybridized carbons (Fsp3) is 0.250. The number of carbonyl (C=O) groups is 1. The van der Waals surface area contributed by atoms with Gasteiger partial charge >= 0.3 is 6.18 Å². The van der Waals surface area contributed by atoms with Crippen molar-refractivity contribution in [2.24, 2.45) is 0 Å². The summed E-state index contributed by atoms with van der Waals surface area (Å²) in [6, 6.07) is 6.97. The van der Waals surface area contributed by atoms with Gasteiger partial charge in [-0.05, 0) is 44.2 Å². The molecule has 3 heterocycles. The highest BCUT2D eigenvalue weighted by molar-refractivity contribution is 7.29. The standard InChI is InChI=1S/C20H18F3N5OS2/c1-3-27(4-2)19-26-18-16(31-19)11-15(30-18)17(29)25-14-7-6-12(28-9-5-8-24-28)10-13(14)20(21,22)23/h5-11H,3-4H2,1-2H3,(H,25,29). The van der Waals surface area contributed by atoms with E-state index in [2.05, 4.69) is 20.3 Å². The molecule has 1 amide bonds. The van der Waals surface area contributed by atoms with Gasteiger partial charge in [0.15, 0.2) is 5.13 Å². The second-order valence-corrected chi connectivity index (χ2v) is 8.62. The molecule has 0 unspecified atom stereocenters. The molecule has 0 aliphatic carbocycles. The molecule has 4 aromatic rings. The van der Waals surface area contributed by atoms with E-state index in [0.29, 0.717) is 9.71 Å². The van der Waals surface area contributed by atoms with Gasteiger partial charge in [-0.25, -0.2) is 9.67 Å². The van der Waals surface area contributed by atoms with E-state index in [0.717, 1.165) is 40.3 Å². The van der Waals surface area contributed by atoms with E-state index < -0.39 is 17.6 Å². The molecule has 11 heteroatoms. The van der Waals surface area contributed by atoms with Crippen molar-refractivity contribution in [1.82, 2.24) is 14.8 Å². The summed E-state index contributed by atoms with van der Waals surface area (Å²) in [7, 11) is 0. The third-order valence-corrected chi connectivity index (χ3v) is 6.88. The lowest BCUT2D eigenvalue weighted by atomic mass is 10.1. The number of amides is 1. The number of alkyl halides is 3. The number of nitrogens with one attached hydrogen (secondary N) is 1. The van der Waals surface area contributed by atoms with E-state index in [-0.39, 0.29) is 11.4 Å². The Bertz CT molecular complexity index is 1180. The van der Waals surface area contributed by atoms with Crippen LogP contribution in [0.15, 0.2) is 42.7 Å². The molecule has 1 aromatic carbocycles. The number of fused-ring (bicyclic) bond motifs is 1. The fourth-order valence-corrected chi connectivity index (χ4v) is 5.32. The number of thiazole rings is 1. The van der Waals surface area contributed by atoms with Gasteiger partial charge in [-0.1, -0.05) is 11.3 Å². The molecule has 0 atom stereocenters. The van der Waals surface area contributed by atoms with Crippen molar-refractivity contribution in [2.45, 2.75) is 20.0 Å². The van der Waals surface area contributed by atoms with E-state index in [4.69, 9.17) is 0 Å². The summed E-state index contributed by atoms with van der Waals surface area (Å²) in [5.74, 6) is -0.600. The Kier molecular flexibility index (Phi) is 5.71. The molecule has 31 heavy (non-hydrogen) atoms. The third kappa shape index (κ3) is 4.28. The Hall–Kier alpha value is -2.92. The lowest BCUT2D eigenvalue weighted by molar-refractivity contribution is -0.136. The Labute approximate surface area is 183 Å². The molecule has 0 fully saturated rings. The van der Waals surface area contributed by atoms with E-state index in [1.807, 2.05) is 13.8 Å². The summed E-state index contributed by atoms with van der Waals surface area (Å²) in [6.45, 7) is 5.71. The van der Waals surface area contributed by atoms with Crippen LogP contribution < -0.4 is 10.2 Å². The summed E-state index contributed by atoms with van der Waals surface area (Å²) in [5, 5.41) is 7.22. The van der Waals surface area contributed by atoms with Gasteiger partial charge in [-0.2, -0.15) is 18.3 Å². The Morgan fingerprint density at radius 3 is 2.58 bits per heavy atom. The molecule has 4 rings (SSSR count). The average Bonchev–Trinajstić information content (AvgIpc) is 3.45. The maximum Gasteiger partial charge on any atom is 0.418 e. The predicted octanol–water partition coefficient (Wildman–Crippen LogP) is 5.66. The highest BCUT2D eigenvalue weighted by Crippen LogP contribution is 2.38. The molecule has 162 valence electrons. The minimum absolute atomic E-state index is 0.250. The molecule has 0 bridgehead atoms. The van der Waals surface area contributed by atoms with E-state index in [1.165, 1.54) is 34.3 Å². The number of benzene rings is 1. The monoisotopic (exact) mass is 465 g/mol. The zero-order valence-corrected chi connectivity index (χ0v) is 18.2. The van der Waals surface area contributed by atoms with Crippen molar-refractivity contribution in [3.63, 3.8) is 0 Å². The zero-order chi connectivity index (χ0) is 22.2. The number of nitrogens with zero attached hydrogens (tertiary/aromatic N) is 4. The molecule has 0 aliphatic rings. The lowest BCUT2D eigenvalue weighted by Crippen LogP contribution is -2.21. The van der Waals surface area contributed by atoms with Gasteiger partial charge in [0.05, 0.1) is 26.5 Å². The molecular weight excluding hydrogens is 447 g/mol. The molecule has 0 spiro atoms. The second-order valence-electron chi connectivity index (χ2n) is 6.58. The largest absolute Gasteiger partial charge is 0.418 e. The quantitative estimate of drug-likeness (QED) is 0.399. The van der Waals surface area contributed by atoms with Gasteiger partial charge in [0.25, 0.3) is 5.91 Å². The summed E-state index contributed by atoms with van der Waals surface area (Å²) in [6.07, 6.45) is -1.61. The first-order chi connectivity index (χ1) is 14.8. The van der Waals surface area contributed by atoms with Crippen LogP contribution in [0.1, 0.15) is 29.1 Å². The van der Waals surface area contributed by atoms with E-state index in [9.17, 15) is 18.0 Å². The van der Waals surface area contributed by atoms with Crippen molar-refractivity contribution in [3.8, 4) is 5.69 Å². The lowest BCUT2D eigenvalue weighted by Gasteiger charge is -2.16. The molecular formula is C20H18F3N5OS2. The van der Waals surface area contributed by atoms with Crippen LogP contribution in [0.5, 0.6) is 0 Å². The number of hydrogen-bond donors (Lipinski definition) is 1. The second kappa shape index (κ2) is 8.31. The van der Waals surface area contributed by atoms with Gasteiger partial charge in [-0.3, -0.25) is 4.79 Å². The first kappa shape index (κ1) is 21.3. The van der Waals surface area contributed by atoms with Crippen molar-refractivity contribution in [1.29, 1.82) is 0 Å². The fourth-order valence-electron chi connectivity index (χ4n) is 3.09. The highest BCUT2D eigenvalue weighted by Gasteiger charge is 2.34. The van der Waals surface area contributed by atoms with Crippen LogP contribution >= 0.6 is 22.7 Å². The summed E-state index contributed by atoms with van der Waals surface area (Å²) in [4.78, 5) is 20.4. The van der Waals surface area contributed by atoms with Crippen LogP contribution in [0.25, 0.3) is 15.2 Å². The van der Waals surface area contributed by atoms with Crippen molar-refractivity contribution >= 4 is 48.9 Å². The van der Waals surface area contributed by atoms with Crippen LogP contribution in [-0.4, -0.2) is 33.8 Å². The molecule has 0 saturated heterocycles. The van der Waals surface area contributed by atoms with E-state index in [1.54, 1.807) is 18.3 Å². The van der Waals surface area contributed by atoms with Gasteiger partial charge in [0, 0.05) is 25.5 Å². The normalized spacial score (nSPS) is 11.8. The van der Waals surface area contributed by atoms with Crippen LogP contribution in [0.4, 0.5) is 24.0 Å². The minimum Gasteiger partial charge on any atom is -0.349 e. The van der Waals surface area contributed by atoms with Gasteiger partial charge in [0.2, 0.25) is 0 Å². The number of anilines is 2. The van der Waals surface area contributed by atoms with Gasteiger partial charge in [-0.15, -0.1) is 11.3 Å². The Morgan fingerprint density at radius 1 is 1.19 bits per heavy atom. The van der Waals surface area contributed by atoms with Gasteiger partial charge < -0.3 is 10.2 Å². The molecule has 0 radical (unpaired) electrons. The number of aromatic nitrogens is 3. The summed E-state index contributed by atoms with van der Waals surface area (Å²) >= 11 is 2.63. The predicted molar refractivity (Wildman–Crippen MR) is 118 cm³/mol. The molecule has 6 nitrogen and oxygen atoms in total. The molecule has 0 saturated carbocycles. The number of halogens is 3. The number of rotatable bonds is 6. The average molecular weight is 466 g/mol. The highest BCUT2D eigenvalue weighted by atomic mass is 32.1. The molecule has 0 aliphatic heterocycles. The van der Waals surface area contributed by atoms with Crippen LogP contribution in [0.2, 0.25) is 0 Å². The van der Waals surface area contributed by atoms with Crippen molar-refractivity contribution in [2.75, 3.05) is 23.3 Å². The zero-order valence-electron chi connectivity index (χ0n) is 16.6. The number of thiophene rings is 1. The first-order valence-electron chi connectivity index (χ1n) is 9.48. The van der Waals surface area contributed by atoms with Crippen molar-refractivity contribution in [3.05, 3.63) is 53.2 Å². The Morgan fingerprint density at radius 2 is 1.97 bits per heavy atom. The van der Waals surface area contributed by atoms with Crippen LogP contribution in [0.3, 0.4) is 0 Å². The smallest absolute Gasteiger partial charge is 0.349 e. The summed E-state index contributed by atoms with van der Waals surface area (Å²) in [5.41, 5.74) is -0.990. The maximum absolute atomic E-state index is 13.6. The SMILES string of the molecule is CCN(CC)c1nc2sc(C(=O)Nc3ccc(-n4cccn4)cc3C(F)(F)F)cc2s1. The topological polar surface area (TPSA) is 63.1 Å². The third-order valence-electron chi connectivity index (χ3n) is 4.66. The van der Waals surface area contributed by atoms with Crippen molar-refractivity contribution < 1.29 is 18.0 Å². The van der Waals surface area contributed by atoms with E-state index >= 15 is 0 Å². The summed E-state index contributed by atoms with van der Waals surface area (Å²) < 4.78 is 43.1. The first-order valence-corrected chi connectivity index (χ1v) is 11.1. The minimum atomic E-state index is -4.64. The van der Waals surface area contributed by atoms with Crippen LogP contribution in [-0.2, 0) is 6.18 Å².